The predicted molar refractivity (Wildman–Crippen MR) is 84.4 cm³/mol. The minimum atomic E-state index is -4.28. The van der Waals surface area contributed by atoms with Gasteiger partial charge in [-0.1, -0.05) is 0 Å². The molecule has 0 aromatic heterocycles. The molecule has 1 aromatic rings. The summed E-state index contributed by atoms with van der Waals surface area (Å²) in [5.41, 5.74) is 0.479. The lowest BCUT2D eigenvalue weighted by Gasteiger charge is -2.23. The Morgan fingerprint density at radius 2 is 1.70 bits per heavy atom. The maximum atomic E-state index is 14.1. The number of anilines is 1. The van der Waals surface area contributed by atoms with Crippen molar-refractivity contribution in [3.63, 3.8) is 0 Å². The lowest BCUT2D eigenvalue weighted by molar-refractivity contribution is 0.201. The van der Waals surface area contributed by atoms with Crippen molar-refractivity contribution in [1.29, 1.82) is 0 Å². The van der Waals surface area contributed by atoms with Crippen LogP contribution in [0, 0.1) is 5.82 Å². The fourth-order valence-electron chi connectivity index (χ4n) is 2.02. The Balaban J connectivity index is 3.00. The van der Waals surface area contributed by atoms with E-state index in [1.54, 1.807) is 20.9 Å². The molecule has 1 aromatic carbocycles. The lowest BCUT2D eigenvalue weighted by atomic mass is 10.2. The van der Waals surface area contributed by atoms with Gasteiger partial charge in [-0.2, -0.15) is 12.8 Å². The van der Waals surface area contributed by atoms with Gasteiger partial charge in [0, 0.05) is 31.4 Å². The monoisotopic (exact) mass is 351 g/mol. The number of aliphatic hydroxyl groups is 1. The smallest absolute Gasteiger partial charge is 0.267 e. The Morgan fingerprint density at radius 1 is 1.22 bits per heavy atom. The number of benzene rings is 1. The summed E-state index contributed by atoms with van der Waals surface area (Å²) >= 11 is 0. The zero-order valence-electron chi connectivity index (χ0n) is 13.3. The third kappa shape index (κ3) is 6.20. The van der Waals surface area contributed by atoms with E-state index in [-0.39, 0.29) is 31.3 Å². The molecule has 1 rings (SSSR count). The zero-order valence-corrected chi connectivity index (χ0v) is 14.1. The lowest BCUT2D eigenvalue weighted by Crippen LogP contribution is -2.33. The van der Waals surface area contributed by atoms with Crippen LogP contribution in [0.25, 0.3) is 0 Å². The fourth-order valence-corrected chi connectivity index (χ4v) is 2.61. The van der Waals surface area contributed by atoms with E-state index < -0.39 is 27.8 Å². The van der Waals surface area contributed by atoms with E-state index in [1.807, 2.05) is 0 Å². The van der Waals surface area contributed by atoms with E-state index in [1.165, 1.54) is 17.0 Å². The molecule has 0 radical (unpaired) electrons. The molecule has 132 valence electrons. The first-order valence-electron chi connectivity index (χ1n) is 7.11. The first-order chi connectivity index (χ1) is 10.7. The van der Waals surface area contributed by atoms with Gasteiger partial charge in [0.05, 0.1) is 19.3 Å². The van der Waals surface area contributed by atoms with Gasteiger partial charge in [-0.15, -0.1) is 0 Å². The van der Waals surface area contributed by atoms with Crippen LogP contribution < -0.4 is 14.4 Å². The highest BCUT2D eigenvalue weighted by atomic mass is 32.2. The van der Waals surface area contributed by atoms with Crippen LogP contribution in [0.5, 0.6) is 11.5 Å². The van der Waals surface area contributed by atoms with Crippen LogP contribution in [0.15, 0.2) is 12.1 Å². The third-order valence-corrected chi connectivity index (χ3v) is 3.72. The van der Waals surface area contributed by atoms with Crippen molar-refractivity contribution < 1.29 is 31.9 Å². The van der Waals surface area contributed by atoms with Gasteiger partial charge in [0.1, 0.15) is 5.75 Å². The van der Waals surface area contributed by atoms with Gasteiger partial charge < -0.3 is 19.5 Å². The van der Waals surface area contributed by atoms with E-state index in [0.717, 1.165) is 0 Å². The maximum absolute atomic E-state index is 14.1. The highest BCUT2D eigenvalue weighted by Crippen LogP contribution is 2.33. The summed E-state index contributed by atoms with van der Waals surface area (Å²) in [6, 6.07) is 2.86. The SMILES string of the molecule is CCOc1cc(N(C)CC(O)CS(=O)(=O)O)cc(OCC)c1F. The molecule has 0 spiro atoms. The average molecular weight is 351 g/mol. The quantitative estimate of drug-likeness (QED) is 0.648. The van der Waals surface area contributed by atoms with Crippen LogP contribution in [0.3, 0.4) is 0 Å². The number of halogens is 1. The summed E-state index contributed by atoms with van der Waals surface area (Å²) in [5, 5.41) is 9.70. The van der Waals surface area contributed by atoms with Crippen LogP contribution >= 0.6 is 0 Å². The standard InChI is InChI=1S/C14H22FNO6S/c1-4-21-12-6-10(7-13(14(12)15)22-5-2)16(3)8-11(17)9-23(18,19)20/h6-7,11,17H,4-5,8-9H2,1-3H3,(H,18,19,20). The predicted octanol–water partition coefficient (Wildman–Crippen LogP) is 1.31. The summed E-state index contributed by atoms with van der Waals surface area (Å²) in [7, 11) is -2.69. The van der Waals surface area contributed by atoms with Gasteiger partial charge in [0.25, 0.3) is 10.1 Å². The van der Waals surface area contributed by atoms with E-state index >= 15 is 0 Å². The Morgan fingerprint density at radius 3 is 2.09 bits per heavy atom. The van der Waals surface area contributed by atoms with E-state index in [0.29, 0.717) is 5.69 Å². The zero-order chi connectivity index (χ0) is 17.6. The topological polar surface area (TPSA) is 96.3 Å². The van der Waals surface area contributed by atoms with Gasteiger partial charge in [-0.3, -0.25) is 4.55 Å². The maximum Gasteiger partial charge on any atom is 0.267 e. The molecule has 1 atom stereocenters. The molecule has 2 N–H and O–H groups in total. The van der Waals surface area contributed by atoms with Crippen molar-refractivity contribution >= 4 is 15.8 Å². The molecule has 0 aliphatic carbocycles. The van der Waals surface area contributed by atoms with Crippen LogP contribution in [-0.2, 0) is 10.1 Å². The number of likely N-dealkylation sites (N-methyl/N-ethyl adjacent to an activating group) is 1. The van der Waals surface area contributed by atoms with Crippen LogP contribution in [-0.4, -0.2) is 56.7 Å². The molecular formula is C14H22FNO6S. The molecule has 0 saturated heterocycles. The molecule has 0 amide bonds. The second-order valence-corrected chi connectivity index (χ2v) is 6.40. The summed E-state index contributed by atoms with van der Waals surface area (Å²) < 4.78 is 54.9. The normalized spacial score (nSPS) is 12.8. The molecule has 1 unspecified atom stereocenters. The number of hydrogen-bond donors (Lipinski definition) is 2. The Hall–Kier alpha value is -1.58. The highest BCUT2D eigenvalue weighted by Gasteiger charge is 2.19. The summed E-state index contributed by atoms with van der Waals surface area (Å²) in [6.45, 7) is 3.88. The van der Waals surface area contributed by atoms with Crippen molar-refractivity contribution in [1.82, 2.24) is 0 Å². The number of nitrogens with zero attached hydrogens (tertiary/aromatic N) is 1. The third-order valence-electron chi connectivity index (χ3n) is 2.92. The van der Waals surface area contributed by atoms with Gasteiger partial charge in [-0.25, -0.2) is 0 Å². The number of hydrogen-bond acceptors (Lipinski definition) is 6. The molecule has 0 heterocycles. The van der Waals surface area contributed by atoms with Gasteiger partial charge in [-0.05, 0) is 13.8 Å². The average Bonchev–Trinajstić information content (AvgIpc) is 2.41. The molecular weight excluding hydrogens is 329 g/mol. The summed E-state index contributed by atoms with van der Waals surface area (Å²) in [6.07, 6.45) is -1.30. The van der Waals surface area contributed by atoms with Gasteiger partial charge in [0.15, 0.2) is 11.5 Å². The fraction of sp³-hybridized carbons (Fsp3) is 0.571. The van der Waals surface area contributed by atoms with Crippen molar-refractivity contribution in [2.45, 2.75) is 20.0 Å². The largest absolute Gasteiger partial charge is 0.491 e. The first kappa shape index (κ1) is 19.5. The van der Waals surface area contributed by atoms with Crippen LogP contribution in [0.1, 0.15) is 13.8 Å². The molecule has 23 heavy (non-hydrogen) atoms. The molecule has 0 aliphatic heterocycles. The number of rotatable bonds is 9. The minimum absolute atomic E-state index is 0.00423. The van der Waals surface area contributed by atoms with Gasteiger partial charge in [0.2, 0.25) is 5.82 Å². The molecule has 0 saturated carbocycles. The molecule has 0 bridgehead atoms. The van der Waals surface area contributed by atoms with Crippen molar-refractivity contribution in [2.24, 2.45) is 0 Å². The molecule has 9 heteroatoms. The highest BCUT2D eigenvalue weighted by molar-refractivity contribution is 7.85. The first-order valence-corrected chi connectivity index (χ1v) is 8.72. The molecule has 0 fully saturated rings. The Bertz CT molecular complexity index is 595. The molecule has 0 aliphatic rings. The Kier molecular flexibility index (Phi) is 7.04. The van der Waals surface area contributed by atoms with E-state index in [4.69, 9.17) is 14.0 Å². The number of aliphatic hydroxyl groups excluding tert-OH is 1. The van der Waals surface area contributed by atoms with Crippen molar-refractivity contribution in [2.75, 3.05) is 37.5 Å². The van der Waals surface area contributed by atoms with E-state index in [9.17, 15) is 17.9 Å². The Labute approximate surface area is 135 Å². The summed E-state index contributed by atoms with van der Waals surface area (Å²) in [5.74, 6) is -1.40. The second-order valence-electron chi connectivity index (χ2n) is 4.90. The second kappa shape index (κ2) is 8.32. The van der Waals surface area contributed by atoms with E-state index in [2.05, 4.69) is 0 Å². The number of ether oxygens (including phenoxy) is 2. The van der Waals surface area contributed by atoms with Gasteiger partial charge >= 0.3 is 0 Å². The van der Waals surface area contributed by atoms with Crippen LogP contribution in [0.4, 0.5) is 10.1 Å². The van der Waals surface area contributed by atoms with Crippen molar-refractivity contribution in [3.05, 3.63) is 17.9 Å². The van der Waals surface area contributed by atoms with Crippen molar-refractivity contribution in [3.8, 4) is 11.5 Å². The summed E-state index contributed by atoms with van der Waals surface area (Å²) in [4.78, 5) is 1.51. The molecule has 7 nitrogen and oxygen atoms in total. The van der Waals surface area contributed by atoms with Crippen LogP contribution in [0.2, 0.25) is 0 Å². The minimum Gasteiger partial charge on any atom is -0.491 e.